The molecular formula is C20H14ClFN2O4. The molecule has 1 aliphatic heterocycles. The van der Waals surface area contributed by atoms with Crippen molar-refractivity contribution in [2.45, 2.75) is 6.54 Å². The van der Waals surface area contributed by atoms with Crippen molar-refractivity contribution in [2.75, 3.05) is 12.1 Å². The SMILES string of the molecule is O=C(Nc1ccc2c(c1)OCO2)c1cccn(Cc2c(F)cccc2Cl)c1=O. The third-order valence-corrected chi connectivity index (χ3v) is 4.64. The molecule has 2 heterocycles. The first-order chi connectivity index (χ1) is 13.5. The van der Waals surface area contributed by atoms with E-state index in [9.17, 15) is 14.0 Å². The quantitative estimate of drug-likeness (QED) is 0.725. The van der Waals surface area contributed by atoms with Gasteiger partial charge in [0.05, 0.1) is 6.54 Å². The second-order valence-corrected chi connectivity index (χ2v) is 6.48. The Hall–Kier alpha value is -3.32. The van der Waals surface area contributed by atoms with Gasteiger partial charge in [0.2, 0.25) is 6.79 Å². The second kappa shape index (κ2) is 7.36. The number of benzene rings is 2. The van der Waals surface area contributed by atoms with Crippen molar-refractivity contribution in [3.63, 3.8) is 0 Å². The van der Waals surface area contributed by atoms with Crippen molar-refractivity contribution in [2.24, 2.45) is 0 Å². The first-order valence-electron chi connectivity index (χ1n) is 8.36. The summed E-state index contributed by atoms with van der Waals surface area (Å²) in [5.41, 5.74) is 0.00786. The lowest BCUT2D eigenvalue weighted by atomic mass is 10.2. The normalized spacial score (nSPS) is 12.1. The fourth-order valence-corrected chi connectivity index (χ4v) is 3.08. The van der Waals surface area contributed by atoms with Crippen molar-refractivity contribution < 1.29 is 18.7 Å². The number of ether oxygens (including phenoxy) is 2. The van der Waals surface area contributed by atoms with Crippen molar-refractivity contribution in [3.8, 4) is 11.5 Å². The molecule has 4 rings (SSSR count). The van der Waals surface area contributed by atoms with E-state index < -0.39 is 17.3 Å². The lowest BCUT2D eigenvalue weighted by Crippen LogP contribution is -2.29. The van der Waals surface area contributed by atoms with Crippen LogP contribution in [0.3, 0.4) is 0 Å². The minimum Gasteiger partial charge on any atom is -0.454 e. The van der Waals surface area contributed by atoms with Crippen LogP contribution in [0.2, 0.25) is 5.02 Å². The molecule has 2 aromatic carbocycles. The predicted octanol–water partition coefficient (Wildman–Crippen LogP) is 3.67. The van der Waals surface area contributed by atoms with E-state index in [1.54, 1.807) is 30.3 Å². The number of rotatable bonds is 4. The molecule has 0 fully saturated rings. The van der Waals surface area contributed by atoms with Gasteiger partial charge in [-0.05, 0) is 36.4 Å². The van der Waals surface area contributed by atoms with E-state index in [1.807, 2.05) is 0 Å². The summed E-state index contributed by atoms with van der Waals surface area (Å²) in [6.07, 6.45) is 1.47. The zero-order valence-corrected chi connectivity index (χ0v) is 15.2. The number of hydrogen-bond acceptors (Lipinski definition) is 4. The van der Waals surface area contributed by atoms with Gasteiger partial charge in [-0.25, -0.2) is 4.39 Å². The monoisotopic (exact) mass is 400 g/mol. The van der Waals surface area contributed by atoms with E-state index in [-0.39, 0.29) is 29.5 Å². The largest absolute Gasteiger partial charge is 0.454 e. The summed E-state index contributed by atoms with van der Waals surface area (Å²) >= 11 is 6.03. The minimum absolute atomic E-state index is 0.0763. The molecule has 6 nitrogen and oxygen atoms in total. The number of pyridine rings is 1. The van der Waals surface area contributed by atoms with E-state index in [2.05, 4.69) is 5.32 Å². The Bertz CT molecular complexity index is 1110. The summed E-state index contributed by atoms with van der Waals surface area (Å²) in [7, 11) is 0. The van der Waals surface area contributed by atoms with E-state index in [0.29, 0.717) is 17.2 Å². The Morgan fingerprint density at radius 1 is 1.14 bits per heavy atom. The molecule has 0 saturated carbocycles. The summed E-state index contributed by atoms with van der Waals surface area (Å²) in [4.78, 5) is 25.3. The van der Waals surface area contributed by atoms with Gasteiger partial charge in [-0.1, -0.05) is 17.7 Å². The molecular weight excluding hydrogens is 387 g/mol. The molecule has 1 N–H and O–H groups in total. The van der Waals surface area contributed by atoms with Crippen LogP contribution >= 0.6 is 11.6 Å². The molecule has 1 amide bonds. The van der Waals surface area contributed by atoms with Crippen molar-refractivity contribution in [3.05, 3.63) is 87.0 Å². The van der Waals surface area contributed by atoms with Crippen LogP contribution in [0, 0.1) is 5.82 Å². The van der Waals surface area contributed by atoms with E-state index in [0.717, 1.165) is 0 Å². The topological polar surface area (TPSA) is 69.6 Å². The fourth-order valence-electron chi connectivity index (χ4n) is 2.86. The fraction of sp³-hybridized carbons (Fsp3) is 0.100. The van der Waals surface area contributed by atoms with E-state index in [4.69, 9.17) is 21.1 Å². The van der Waals surface area contributed by atoms with Gasteiger partial charge in [0, 0.05) is 28.5 Å². The van der Waals surface area contributed by atoms with Crippen LogP contribution in [0.15, 0.2) is 59.5 Å². The molecule has 0 atom stereocenters. The van der Waals surface area contributed by atoms with Crippen LogP contribution in [0.5, 0.6) is 11.5 Å². The number of anilines is 1. The predicted molar refractivity (Wildman–Crippen MR) is 102 cm³/mol. The smallest absolute Gasteiger partial charge is 0.263 e. The molecule has 28 heavy (non-hydrogen) atoms. The maximum Gasteiger partial charge on any atom is 0.263 e. The van der Waals surface area contributed by atoms with Gasteiger partial charge in [-0.15, -0.1) is 0 Å². The van der Waals surface area contributed by atoms with Gasteiger partial charge in [0.1, 0.15) is 11.4 Å². The van der Waals surface area contributed by atoms with Gasteiger partial charge in [-0.2, -0.15) is 0 Å². The molecule has 0 unspecified atom stereocenters. The van der Waals surface area contributed by atoms with E-state index >= 15 is 0 Å². The van der Waals surface area contributed by atoms with Crippen molar-refractivity contribution in [1.29, 1.82) is 0 Å². The molecule has 1 aromatic heterocycles. The number of nitrogens with one attached hydrogen (secondary N) is 1. The summed E-state index contributed by atoms with van der Waals surface area (Å²) in [6, 6.07) is 12.2. The van der Waals surface area contributed by atoms with Gasteiger partial charge in [0.25, 0.3) is 11.5 Å². The summed E-state index contributed by atoms with van der Waals surface area (Å²) < 4.78 is 25.8. The number of carbonyl (C=O) groups excluding carboxylic acids is 1. The van der Waals surface area contributed by atoms with Crippen LogP contribution in [0.1, 0.15) is 15.9 Å². The Kier molecular flexibility index (Phi) is 4.75. The average molecular weight is 401 g/mol. The van der Waals surface area contributed by atoms with Crippen LogP contribution in [-0.4, -0.2) is 17.3 Å². The highest BCUT2D eigenvalue weighted by molar-refractivity contribution is 6.31. The molecule has 0 saturated heterocycles. The van der Waals surface area contributed by atoms with Crippen LogP contribution in [0.4, 0.5) is 10.1 Å². The number of carbonyl (C=O) groups is 1. The molecule has 142 valence electrons. The van der Waals surface area contributed by atoms with E-state index in [1.165, 1.54) is 29.0 Å². The average Bonchev–Trinajstić information content (AvgIpc) is 3.14. The van der Waals surface area contributed by atoms with Gasteiger partial charge < -0.3 is 19.4 Å². The summed E-state index contributed by atoms with van der Waals surface area (Å²) in [5.74, 6) is -0.00763. The summed E-state index contributed by atoms with van der Waals surface area (Å²) in [6.45, 7) is 0.0320. The van der Waals surface area contributed by atoms with Gasteiger partial charge >= 0.3 is 0 Å². The highest BCUT2D eigenvalue weighted by atomic mass is 35.5. The van der Waals surface area contributed by atoms with Crippen LogP contribution in [-0.2, 0) is 6.54 Å². The first-order valence-corrected chi connectivity index (χ1v) is 8.74. The first kappa shape index (κ1) is 18.1. The number of aromatic nitrogens is 1. The Morgan fingerprint density at radius 3 is 2.79 bits per heavy atom. The third kappa shape index (κ3) is 3.44. The highest BCUT2D eigenvalue weighted by Gasteiger charge is 2.17. The third-order valence-electron chi connectivity index (χ3n) is 4.29. The summed E-state index contributed by atoms with van der Waals surface area (Å²) in [5, 5.41) is 2.86. The molecule has 8 heteroatoms. The maximum atomic E-state index is 14.0. The Labute approximate surface area is 164 Å². The molecule has 0 radical (unpaired) electrons. The lowest BCUT2D eigenvalue weighted by Gasteiger charge is -2.11. The number of hydrogen-bond donors (Lipinski definition) is 1. The Morgan fingerprint density at radius 2 is 1.96 bits per heavy atom. The highest BCUT2D eigenvalue weighted by Crippen LogP contribution is 2.34. The zero-order valence-electron chi connectivity index (χ0n) is 14.4. The van der Waals surface area contributed by atoms with Crippen LogP contribution < -0.4 is 20.3 Å². The molecule has 3 aromatic rings. The van der Waals surface area contributed by atoms with Gasteiger partial charge in [-0.3, -0.25) is 9.59 Å². The number of nitrogens with zero attached hydrogens (tertiary/aromatic N) is 1. The molecule has 0 spiro atoms. The molecule has 0 bridgehead atoms. The van der Waals surface area contributed by atoms with Gasteiger partial charge in [0.15, 0.2) is 11.5 Å². The minimum atomic E-state index is -0.585. The van der Waals surface area contributed by atoms with Crippen molar-refractivity contribution >= 4 is 23.2 Å². The standard InChI is InChI=1S/C20H14ClFN2O4/c21-15-4-1-5-16(22)14(15)10-24-8-2-3-13(20(24)26)19(25)23-12-6-7-17-18(9-12)28-11-27-17/h1-9H,10-11H2,(H,23,25). The lowest BCUT2D eigenvalue weighted by molar-refractivity contribution is 0.102. The second-order valence-electron chi connectivity index (χ2n) is 6.08. The van der Waals surface area contributed by atoms with Crippen molar-refractivity contribution in [1.82, 2.24) is 4.57 Å². The maximum absolute atomic E-state index is 14.0. The number of halogens is 2. The van der Waals surface area contributed by atoms with Crippen LogP contribution in [0.25, 0.3) is 0 Å². The number of fused-ring (bicyclic) bond motifs is 1. The molecule has 1 aliphatic rings. The zero-order chi connectivity index (χ0) is 19.7. The molecule has 0 aliphatic carbocycles. The number of amides is 1. The Balaban J connectivity index is 1.59.